The summed E-state index contributed by atoms with van der Waals surface area (Å²) < 4.78 is 6.93. The Bertz CT molecular complexity index is 302. The van der Waals surface area contributed by atoms with E-state index < -0.39 is 0 Å². The summed E-state index contributed by atoms with van der Waals surface area (Å²) in [6.07, 6.45) is 5.49. The second-order valence-corrected chi connectivity index (χ2v) is 3.96. The number of imidazole rings is 1. The maximum Gasteiger partial charge on any atom is 0.166 e. The summed E-state index contributed by atoms with van der Waals surface area (Å²) >= 11 is 5.14. The average Bonchev–Trinajstić information content (AvgIpc) is 2.70. The maximum absolute atomic E-state index is 5.14. The summed E-state index contributed by atoms with van der Waals surface area (Å²) in [6, 6.07) is 0.261. The largest absolute Gasteiger partial charge is 0.383 e. The summed E-state index contributed by atoms with van der Waals surface area (Å²) in [7, 11) is 1.67. The van der Waals surface area contributed by atoms with Crippen LogP contribution in [-0.2, 0) is 11.3 Å². The highest BCUT2D eigenvalue weighted by atomic mass is 32.1. The molecule has 0 aromatic carbocycles. The third-order valence-corrected chi connectivity index (χ3v) is 2.28. The van der Waals surface area contributed by atoms with Gasteiger partial charge < -0.3 is 19.9 Å². The molecule has 90 valence electrons. The Kier molecular flexibility index (Phi) is 5.81. The van der Waals surface area contributed by atoms with Gasteiger partial charge >= 0.3 is 0 Å². The van der Waals surface area contributed by atoms with Crippen molar-refractivity contribution >= 4 is 17.3 Å². The molecule has 0 aliphatic heterocycles. The Hall–Kier alpha value is -1.14. The molecule has 6 heteroatoms. The van der Waals surface area contributed by atoms with Gasteiger partial charge in [-0.1, -0.05) is 0 Å². The van der Waals surface area contributed by atoms with Crippen LogP contribution in [0, 0.1) is 0 Å². The van der Waals surface area contributed by atoms with Gasteiger partial charge in [0, 0.05) is 38.6 Å². The molecule has 1 rings (SSSR count). The van der Waals surface area contributed by atoms with Gasteiger partial charge in [0.2, 0.25) is 0 Å². The molecule has 1 aromatic rings. The molecule has 0 aliphatic carbocycles. The Morgan fingerprint density at radius 2 is 2.44 bits per heavy atom. The van der Waals surface area contributed by atoms with Crippen LogP contribution in [0.3, 0.4) is 0 Å². The molecule has 0 aliphatic rings. The highest BCUT2D eigenvalue weighted by Gasteiger charge is 2.03. The van der Waals surface area contributed by atoms with Gasteiger partial charge in [-0.05, 0) is 19.1 Å². The van der Waals surface area contributed by atoms with Crippen molar-refractivity contribution in [3.8, 4) is 0 Å². The standard InChI is InChI=1S/C10H18N4OS/c1-9(7-14-5-3-11-8-14)13-10(16)12-4-6-15-2/h3,5,8-9H,4,6-7H2,1-2H3,(H2,12,13,16). The van der Waals surface area contributed by atoms with E-state index in [4.69, 9.17) is 17.0 Å². The topological polar surface area (TPSA) is 51.1 Å². The van der Waals surface area contributed by atoms with Crippen LogP contribution in [0.15, 0.2) is 18.7 Å². The van der Waals surface area contributed by atoms with E-state index in [0.717, 1.165) is 13.1 Å². The highest BCUT2D eigenvalue weighted by molar-refractivity contribution is 7.80. The number of hydrogen-bond acceptors (Lipinski definition) is 3. The fourth-order valence-electron chi connectivity index (χ4n) is 1.30. The quantitative estimate of drug-likeness (QED) is 0.558. The molecular formula is C10H18N4OS. The smallest absolute Gasteiger partial charge is 0.166 e. The van der Waals surface area contributed by atoms with Crippen LogP contribution in [0.5, 0.6) is 0 Å². The zero-order valence-corrected chi connectivity index (χ0v) is 10.5. The number of thiocarbonyl (C=S) groups is 1. The molecule has 5 nitrogen and oxygen atoms in total. The Morgan fingerprint density at radius 3 is 3.06 bits per heavy atom. The summed E-state index contributed by atoms with van der Waals surface area (Å²) in [5.74, 6) is 0. The Balaban J connectivity index is 2.18. The van der Waals surface area contributed by atoms with E-state index in [1.807, 2.05) is 10.8 Å². The molecule has 1 unspecified atom stereocenters. The van der Waals surface area contributed by atoms with Crippen molar-refractivity contribution < 1.29 is 4.74 Å². The van der Waals surface area contributed by atoms with Gasteiger partial charge in [0.25, 0.3) is 0 Å². The van der Waals surface area contributed by atoms with Crippen molar-refractivity contribution in [3.63, 3.8) is 0 Å². The monoisotopic (exact) mass is 242 g/mol. The minimum absolute atomic E-state index is 0.261. The molecule has 0 radical (unpaired) electrons. The van der Waals surface area contributed by atoms with Crippen LogP contribution < -0.4 is 10.6 Å². The number of methoxy groups -OCH3 is 1. The molecule has 1 aromatic heterocycles. The van der Waals surface area contributed by atoms with Gasteiger partial charge in [-0.25, -0.2) is 4.98 Å². The highest BCUT2D eigenvalue weighted by Crippen LogP contribution is 1.91. The molecule has 1 atom stereocenters. The van der Waals surface area contributed by atoms with E-state index in [9.17, 15) is 0 Å². The molecule has 0 saturated heterocycles. The fourth-order valence-corrected chi connectivity index (χ4v) is 1.60. The molecule has 1 heterocycles. The van der Waals surface area contributed by atoms with Gasteiger partial charge in [0.1, 0.15) is 0 Å². The minimum Gasteiger partial charge on any atom is -0.383 e. The van der Waals surface area contributed by atoms with E-state index >= 15 is 0 Å². The molecule has 16 heavy (non-hydrogen) atoms. The molecule has 0 amide bonds. The van der Waals surface area contributed by atoms with Crippen molar-refractivity contribution in [1.29, 1.82) is 0 Å². The van der Waals surface area contributed by atoms with Gasteiger partial charge in [-0.2, -0.15) is 0 Å². The first-order valence-corrected chi connectivity index (χ1v) is 5.62. The van der Waals surface area contributed by atoms with Crippen LogP contribution >= 0.6 is 12.2 Å². The first kappa shape index (κ1) is 12.9. The lowest BCUT2D eigenvalue weighted by atomic mass is 10.3. The molecule has 0 spiro atoms. The predicted octanol–water partition coefficient (Wildman–Crippen LogP) is 0.382. The van der Waals surface area contributed by atoms with E-state index in [1.165, 1.54) is 0 Å². The van der Waals surface area contributed by atoms with Crippen molar-refractivity contribution in [2.75, 3.05) is 20.3 Å². The second-order valence-electron chi connectivity index (χ2n) is 3.55. The van der Waals surface area contributed by atoms with Crippen molar-refractivity contribution in [2.24, 2.45) is 0 Å². The minimum atomic E-state index is 0.261. The second kappa shape index (κ2) is 7.19. The number of ether oxygens (including phenoxy) is 1. The van der Waals surface area contributed by atoms with E-state index in [1.54, 1.807) is 19.6 Å². The van der Waals surface area contributed by atoms with E-state index in [0.29, 0.717) is 11.7 Å². The van der Waals surface area contributed by atoms with Gasteiger partial charge in [-0.3, -0.25) is 0 Å². The zero-order chi connectivity index (χ0) is 11.8. The number of aromatic nitrogens is 2. The Morgan fingerprint density at radius 1 is 1.62 bits per heavy atom. The lowest BCUT2D eigenvalue weighted by Gasteiger charge is -2.17. The molecule has 2 N–H and O–H groups in total. The third kappa shape index (κ3) is 5.09. The van der Waals surface area contributed by atoms with Gasteiger partial charge in [0.05, 0.1) is 12.9 Å². The van der Waals surface area contributed by atoms with Crippen molar-refractivity contribution in [2.45, 2.75) is 19.5 Å². The van der Waals surface area contributed by atoms with E-state index in [2.05, 4.69) is 22.5 Å². The summed E-state index contributed by atoms with van der Waals surface area (Å²) in [6.45, 7) is 4.29. The maximum atomic E-state index is 5.14. The first-order chi connectivity index (χ1) is 7.72. The number of rotatable bonds is 6. The van der Waals surface area contributed by atoms with Crippen LogP contribution in [0.1, 0.15) is 6.92 Å². The molecular weight excluding hydrogens is 224 g/mol. The predicted molar refractivity (Wildman–Crippen MR) is 67.3 cm³/mol. The van der Waals surface area contributed by atoms with E-state index in [-0.39, 0.29) is 6.04 Å². The van der Waals surface area contributed by atoms with Crippen LogP contribution in [-0.4, -0.2) is 41.0 Å². The van der Waals surface area contributed by atoms with Crippen molar-refractivity contribution in [1.82, 2.24) is 20.2 Å². The molecule has 0 fully saturated rings. The Labute approximate surface area is 101 Å². The SMILES string of the molecule is COCCNC(=S)NC(C)Cn1ccnc1. The average molecular weight is 242 g/mol. The van der Waals surface area contributed by atoms with Crippen molar-refractivity contribution in [3.05, 3.63) is 18.7 Å². The normalized spacial score (nSPS) is 12.1. The van der Waals surface area contributed by atoms with Gasteiger partial charge in [0.15, 0.2) is 5.11 Å². The number of hydrogen-bond donors (Lipinski definition) is 2. The lowest BCUT2D eigenvalue weighted by Crippen LogP contribution is -2.43. The van der Waals surface area contributed by atoms with Gasteiger partial charge in [-0.15, -0.1) is 0 Å². The molecule has 0 saturated carbocycles. The number of nitrogens with one attached hydrogen (secondary N) is 2. The zero-order valence-electron chi connectivity index (χ0n) is 9.64. The third-order valence-electron chi connectivity index (χ3n) is 2.01. The lowest BCUT2D eigenvalue weighted by molar-refractivity contribution is 0.204. The first-order valence-electron chi connectivity index (χ1n) is 5.21. The molecule has 0 bridgehead atoms. The fraction of sp³-hybridized carbons (Fsp3) is 0.600. The summed E-state index contributed by atoms with van der Waals surface area (Å²) in [5.41, 5.74) is 0. The summed E-state index contributed by atoms with van der Waals surface area (Å²) in [4.78, 5) is 3.99. The summed E-state index contributed by atoms with van der Waals surface area (Å²) in [5, 5.41) is 6.91. The van der Waals surface area contributed by atoms with Crippen LogP contribution in [0.25, 0.3) is 0 Å². The number of nitrogens with zero attached hydrogens (tertiary/aromatic N) is 2. The van der Waals surface area contributed by atoms with Crippen LogP contribution in [0.4, 0.5) is 0 Å². The van der Waals surface area contributed by atoms with Crippen LogP contribution in [0.2, 0.25) is 0 Å².